The Labute approximate surface area is 147 Å². The van der Waals surface area contributed by atoms with Crippen LogP contribution in [0.2, 0.25) is 0 Å². The first-order valence-electron chi connectivity index (χ1n) is 7.46. The number of nitrogen functional groups attached to an aromatic ring is 1. The number of fused-ring (bicyclic) bond motifs is 1. The molecular weight excluding hydrogens is 398 g/mol. The van der Waals surface area contributed by atoms with Crippen molar-refractivity contribution in [3.8, 4) is 0 Å². The highest BCUT2D eigenvalue weighted by Crippen LogP contribution is 2.37. The van der Waals surface area contributed by atoms with Crippen LogP contribution in [0.3, 0.4) is 0 Å². The number of carbonyl (C=O) groups is 1. The Morgan fingerprint density at radius 3 is 2.67 bits per heavy atom. The molecule has 2 aromatic rings. The summed E-state index contributed by atoms with van der Waals surface area (Å²) in [6.45, 7) is 4.26. The van der Waals surface area contributed by atoms with Crippen molar-refractivity contribution in [2.45, 2.75) is 43.7 Å². The largest absolute Gasteiger partial charge is 0.289 e. The Morgan fingerprint density at radius 1 is 1.46 bits per heavy atom. The number of amides is 1. The number of hydrogen-bond acceptors (Lipinski definition) is 5. The molecule has 130 valence electrons. The minimum atomic E-state index is -3.70. The van der Waals surface area contributed by atoms with Crippen molar-refractivity contribution in [3.63, 3.8) is 0 Å². The van der Waals surface area contributed by atoms with Gasteiger partial charge in [-0.2, -0.15) is 5.10 Å². The van der Waals surface area contributed by atoms with Crippen LogP contribution in [0.15, 0.2) is 21.5 Å². The number of benzene rings is 1. The summed E-state index contributed by atoms with van der Waals surface area (Å²) in [5.74, 6) is 4.63. The maximum absolute atomic E-state index is 12.6. The lowest BCUT2D eigenvalue weighted by Gasteiger charge is -2.13. The van der Waals surface area contributed by atoms with E-state index < -0.39 is 15.9 Å². The van der Waals surface area contributed by atoms with E-state index in [1.54, 1.807) is 4.68 Å². The fourth-order valence-corrected chi connectivity index (χ4v) is 4.87. The first-order valence-corrected chi connectivity index (χ1v) is 9.73. The maximum atomic E-state index is 12.6. The lowest BCUT2D eigenvalue weighted by molar-refractivity contribution is 0.0949. The zero-order valence-electron chi connectivity index (χ0n) is 13.3. The van der Waals surface area contributed by atoms with E-state index in [1.165, 1.54) is 12.1 Å². The molecule has 3 rings (SSSR count). The molecule has 0 saturated heterocycles. The molecule has 0 unspecified atom stereocenters. The predicted molar refractivity (Wildman–Crippen MR) is 92.7 cm³/mol. The van der Waals surface area contributed by atoms with Gasteiger partial charge in [-0.05, 0) is 54.8 Å². The predicted octanol–water partition coefficient (Wildman–Crippen LogP) is 1.25. The maximum Gasteiger partial charge on any atom is 0.286 e. The Hall–Kier alpha value is -1.49. The van der Waals surface area contributed by atoms with Crippen molar-refractivity contribution in [1.82, 2.24) is 19.9 Å². The molecule has 10 heteroatoms. The fourth-order valence-electron chi connectivity index (χ4n) is 2.53. The van der Waals surface area contributed by atoms with Crippen molar-refractivity contribution in [1.29, 1.82) is 0 Å². The van der Waals surface area contributed by atoms with Gasteiger partial charge in [-0.25, -0.2) is 19.0 Å². The van der Waals surface area contributed by atoms with Crippen molar-refractivity contribution in [2.75, 3.05) is 0 Å². The topological polar surface area (TPSA) is 119 Å². The molecule has 0 atom stereocenters. The highest BCUT2D eigenvalue weighted by molar-refractivity contribution is 9.10. The van der Waals surface area contributed by atoms with Gasteiger partial charge < -0.3 is 0 Å². The summed E-state index contributed by atoms with van der Waals surface area (Å²) in [6, 6.07) is 2.98. The average molecular weight is 416 g/mol. The number of nitrogens with two attached hydrogens (primary N) is 1. The molecule has 1 saturated carbocycles. The number of aromatic nitrogens is 2. The number of hydrazine groups is 1. The van der Waals surface area contributed by atoms with Gasteiger partial charge in [0.25, 0.3) is 5.91 Å². The Bertz CT molecular complexity index is 934. The van der Waals surface area contributed by atoms with Crippen LogP contribution in [0.1, 0.15) is 37.2 Å². The molecule has 0 radical (unpaired) electrons. The second-order valence-electron chi connectivity index (χ2n) is 6.11. The average Bonchev–Trinajstić information content (AvgIpc) is 3.11. The van der Waals surface area contributed by atoms with Gasteiger partial charge in [0.05, 0.1) is 10.4 Å². The smallest absolute Gasteiger partial charge is 0.286 e. The summed E-state index contributed by atoms with van der Waals surface area (Å²) >= 11 is 3.40. The number of rotatable bonds is 5. The lowest BCUT2D eigenvalue weighted by Crippen LogP contribution is -2.34. The number of sulfonamides is 1. The van der Waals surface area contributed by atoms with E-state index in [4.69, 9.17) is 5.84 Å². The van der Waals surface area contributed by atoms with Crippen LogP contribution in [0, 0.1) is 0 Å². The first kappa shape index (κ1) is 17.3. The Morgan fingerprint density at radius 2 is 2.12 bits per heavy atom. The van der Waals surface area contributed by atoms with Crippen LogP contribution in [-0.4, -0.2) is 29.6 Å². The van der Waals surface area contributed by atoms with Crippen molar-refractivity contribution >= 4 is 42.8 Å². The van der Waals surface area contributed by atoms with Crippen LogP contribution >= 0.6 is 15.9 Å². The number of carbonyl (C=O) groups excluding carboxylic acids is 1. The monoisotopic (exact) mass is 415 g/mol. The van der Waals surface area contributed by atoms with Gasteiger partial charge in [-0.15, -0.1) is 0 Å². The summed E-state index contributed by atoms with van der Waals surface area (Å²) in [5, 5.41) is 4.66. The van der Waals surface area contributed by atoms with Crippen LogP contribution in [0.5, 0.6) is 0 Å². The zero-order chi connectivity index (χ0) is 17.7. The van der Waals surface area contributed by atoms with E-state index in [1.807, 2.05) is 19.3 Å². The standard InChI is InChI=1S/C14H18BrN5O3S/c1-3-20-12-9(11(18-20)13(21)17-16)6-8(7-10(12)15)24(22,23)19-14(2)4-5-14/h6-7,19H,3-5,16H2,1-2H3,(H,17,21). The van der Waals surface area contributed by atoms with Gasteiger partial charge in [0.15, 0.2) is 5.69 Å². The molecule has 1 fully saturated rings. The number of nitrogens with one attached hydrogen (secondary N) is 2. The minimum absolute atomic E-state index is 0.0803. The first-order chi connectivity index (χ1) is 11.2. The summed E-state index contributed by atoms with van der Waals surface area (Å²) in [7, 11) is -3.70. The summed E-state index contributed by atoms with van der Waals surface area (Å²) in [6.07, 6.45) is 1.62. The molecule has 24 heavy (non-hydrogen) atoms. The van der Waals surface area contributed by atoms with E-state index in [-0.39, 0.29) is 16.1 Å². The van der Waals surface area contributed by atoms with Crippen LogP contribution < -0.4 is 16.0 Å². The molecule has 1 heterocycles. The number of hydrogen-bond donors (Lipinski definition) is 3. The number of halogens is 1. The van der Waals surface area contributed by atoms with E-state index >= 15 is 0 Å². The molecule has 1 aromatic carbocycles. The molecule has 1 aromatic heterocycles. The normalized spacial score (nSPS) is 16.3. The van der Waals surface area contributed by atoms with E-state index in [2.05, 4.69) is 25.8 Å². The van der Waals surface area contributed by atoms with E-state index in [0.29, 0.717) is 21.9 Å². The summed E-state index contributed by atoms with van der Waals surface area (Å²) in [5.41, 5.74) is 2.39. The fraction of sp³-hybridized carbons (Fsp3) is 0.429. The third-order valence-corrected chi connectivity index (χ3v) is 6.33. The molecule has 0 spiro atoms. The van der Waals surface area contributed by atoms with Crippen molar-refractivity contribution < 1.29 is 13.2 Å². The van der Waals surface area contributed by atoms with E-state index in [9.17, 15) is 13.2 Å². The zero-order valence-corrected chi connectivity index (χ0v) is 15.7. The molecular formula is C14H18BrN5O3S. The van der Waals surface area contributed by atoms with Gasteiger partial charge in [0.2, 0.25) is 10.0 Å². The SMILES string of the molecule is CCn1nc(C(=O)NN)c2cc(S(=O)(=O)NC3(C)CC3)cc(Br)c21. The van der Waals surface area contributed by atoms with Gasteiger partial charge in [0, 0.05) is 21.9 Å². The molecule has 1 aliphatic carbocycles. The molecule has 4 N–H and O–H groups in total. The third-order valence-electron chi connectivity index (χ3n) is 4.11. The van der Waals surface area contributed by atoms with Crippen molar-refractivity contribution in [2.24, 2.45) is 5.84 Å². The van der Waals surface area contributed by atoms with Gasteiger partial charge >= 0.3 is 0 Å². The molecule has 0 aliphatic heterocycles. The Kier molecular flexibility index (Phi) is 4.19. The van der Waals surface area contributed by atoms with Gasteiger partial charge in [0.1, 0.15) is 0 Å². The minimum Gasteiger partial charge on any atom is -0.289 e. The van der Waals surface area contributed by atoms with Crippen LogP contribution in [-0.2, 0) is 16.6 Å². The molecule has 0 bridgehead atoms. The third kappa shape index (κ3) is 2.94. The van der Waals surface area contributed by atoms with Crippen molar-refractivity contribution in [3.05, 3.63) is 22.3 Å². The quantitative estimate of drug-likeness (QED) is 0.385. The highest BCUT2D eigenvalue weighted by atomic mass is 79.9. The number of aryl methyl sites for hydroxylation is 1. The van der Waals surface area contributed by atoms with Crippen LogP contribution in [0.25, 0.3) is 10.9 Å². The highest BCUT2D eigenvalue weighted by Gasteiger charge is 2.41. The Balaban J connectivity index is 2.20. The van der Waals surface area contributed by atoms with Gasteiger partial charge in [-0.3, -0.25) is 14.9 Å². The van der Waals surface area contributed by atoms with Gasteiger partial charge in [-0.1, -0.05) is 0 Å². The molecule has 1 amide bonds. The van der Waals surface area contributed by atoms with Crippen LogP contribution in [0.4, 0.5) is 0 Å². The lowest BCUT2D eigenvalue weighted by atomic mass is 10.2. The summed E-state index contributed by atoms with van der Waals surface area (Å²) in [4.78, 5) is 12.1. The number of nitrogens with zero attached hydrogens (tertiary/aromatic N) is 2. The molecule has 1 aliphatic rings. The second kappa shape index (κ2) is 5.80. The molecule has 8 nitrogen and oxygen atoms in total. The van der Waals surface area contributed by atoms with E-state index in [0.717, 1.165) is 12.8 Å². The second-order valence-corrected chi connectivity index (χ2v) is 8.64. The summed E-state index contributed by atoms with van der Waals surface area (Å²) < 4.78 is 30.1.